The average Bonchev–Trinajstić information content (AvgIpc) is 3.05. The van der Waals surface area contributed by atoms with Crippen LogP contribution in [0.1, 0.15) is 43.8 Å². The Morgan fingerprint density at radius 3 is 2.58 bits per heavy atom. The summed E-state index contributed by atoms with van der Waals surface area (Å²) in [6, 6.07) is 8.10. The van der Waals surface area contributed by atoms with E-state index in [9.17, 15) is 9.59 Å². The van der Waals surface area contributed by atoms with Crippen LogP contribution in [0.5, 0.6) is 0 Å². The molecule has 0 saturated carbocycles. The highest BCUT2D eigenvalue weighted by atomic mass is 32.2. The maximum atomic E-state index is 12.1. The summed E-state index contributed by atoms with van der Waals surface area (Å²) in [5, 5.41) is 5.82. The van der Waals surface area contributed by atoms with Gasteiger partial charge in [0.15, 0.2) is 0 Å². The van der Waals surface area contributed by atoms with Crippen LogP contribution in [0.4, 0.5) is 5.69 Å². The van der Waals surface area contributed by atoms with Crippen molar-refractivity contribution < 1.29 is 9.59 Å². The Kier molecular flexibility index (Phi) is 7.04. The van der Waals surface area contributed by atoms with E-state index in [1.165, 1.54) is 17.1 Å². The van der Waals surface area contributed by atoms with Crippen molar-refractivity contribution in [2.75, 3.05) is 23.4 Å². The number of hydrogen-bond donors (Lipinski definition) is 2. The quantitative estimate of drug-likeness (QED) is 0.746. The Hall–Kier alpha value is -1.14. The zero-order valence-corrected chi connectivity index (χ0v) is 16.2. The molecular weight excluding hydrogens is 340 g/mol. The van der Waals surface area contributed by atoms with Gasteiger partial charge in [-0.15, -0.1) is 23.5 Å². The number of carbonyl (C=O) groups excluding carboxylic acids is 2. The van der Waals surface area contributed by atoms with E-state index in [1.807, 2.05) is 56.4 Å². The molecule has 0 aliphatic carbocycles. The number of hydrogen-bond acceptors (Lipinski definition) is 4. The Morgan fingerprint density at radius 1 is 1.21 bits per heavy atom. The predicted octanol–water partition coefficient (Wildman–Crippen LogP) is 4.05. The molecule has 1 aliphatic heterocycles. The second kappa shape index (κ2) is 8.81. The fraction of sp³-hybridized carbons (Fsp3) is 0.556. The topological polar surface area (TPSA) is 58.2 Å². The van der Waals surface area contributed by atoms with E-state index in [1.54, 1.807) is 0 Å². The third kappa shape index (κ3) is 6.06. The van der Waals surface area contributed by atoms with Gasteiger partial charge in [0.1, 0.15) is 0 Å². The molecule has 0 radical (unpaired) electrons. The molecule has 0 atom stereocenters. The number of nitrogens with one attached hydrogen (secondary N) is 2. The highest BCUT2D eigenvalue weighted by Crippen LogP contribution is 2.45. The van der Waals surface area contributed by atoms with Crippen molar-refractivity contribution in [3.05, 3.63) is 29.8 Å². The first-order chi connectivity index (χ1) is 11.4. The van der Waals surface area contributed by atoms with E-state index in [2.05, 4.69) is 22.8 Å². The van der Waals surface area contributed by atoms with Crippen LogP contribution >= 0.6 is 23.5 Å². The van der Waals surface area contributed by atoms with E-state index in [0.717, 1.165) is 5.69 Å². The van der Waals surface area contributed by atoms with Gasteiger partial charge in [0.2, 0.25) is 11.8 Å². The first-order valence-corrected chi connectivity index (χ1v) is 10.4. The molecule has 1 aliphatic rings. The van der Waals surface area contributed by atoms with Crippen molar-refractivity contribution in [3.8, 4) is 0 Å². The Balaban J connectivity index is 1.74. The van der Waals surface area contributed by atoms with E-state index < -0.39 is 0 Å². The number of amides is 2. The Morgan fingerprint density at radius 2 is 1.92 bits per heavy atom. The SMILES string of the molecule is CC(C)(C)C(=O)NCCCC(=O)Nc1cccc(C2SCCS2)c1. The average molecular weight is 367 g/mol. The minimum absolute atomic E-state index is 0.0103. The first kappa shape index (κ1) is 19.2. The second-order valence-corrected chi connectivity index (χ2v) is 9.58. The second-order valence-electron chi connectivity index (χ2n) is 6.86. The summed E-state index contributed by atoms with van der Waals surface area (Å²) in [7, 11) is 0. The minimum atomic E-state index is -0.390. The normalized spacial score (nSPS) is 15.3. The summed E-state index contributed by atoms with van der Waals surface area (Å²) < 4.78 is 0.481. The lowest BCUT2D eigenvalue weighted by Gasteiger charge is -2.17. The zero-order chi connectivity index (χ0) is 17.6. The largest absolute Gasteiger partial charge is 0.356 e. The summed E-state index contributed by atoms with van der Waals surface area (Å²) in [6.45, 7) is 6.16. The highest BCUT2D eigenvalue weighted by Gasteiger charge is 2.20. The fourth-order valence-corrected chi connectivity index (χ4v) is 5.09. The van der Waals surface area contributed by atoms with Crippen molar-refractivity contribution in [2.24, 2.45) is 5.41 Å². The van der Waals surface area contributed by atoms with Crippen LogP contribution in [0.25, 0.3) is 0 Å². The van der Waals surface area contributed by atoms with Gasteiger partial charge >= 0.3 is 0 Å². The molecule has 0 spiro atoms. The molecule has 1 fully saturated rings. The summed E-state index contributed by atoms with van der Waals surface area (Å²) in [5.41, 5.74) is 1.72. The fourth-order valence-electron chi connectivity index (χ4n) is 2.25. The molecule has 2 rings (SSSR count). The highest BCUT2D eigenvalue weighted by molar-refractivity contribution is 8.19. The monoisotopic (exact) mass is 366 g/mol. The van der Waals surface area contributed by atoms with Gasteiger partial charge in [0.05, 0.1) is 4.58 Å². The van der Waals surface area contributed by atoms with Crippen molar-refractivity contribution in [1.82, 2.24) is 5.32 Å². The summed E-state index contributed by atoms with van der Waals surface area (Å²) in [5.74, 6) is 2.38. The van der Waals surface area contributed by atoms with Gasteiger partial charge in [-0.1, -0.05) is 32.9 Å². The number of thioether (sulfide) groups is 2. The van der Waals surface area contributed by atoms with Gasteiger partial charge in [-0.05, 0) is 24.1 Å². The van der Waals surface area contributed by atoms with Crippen LogP contribution in [-0.2, 0) is 9.59 Å². The summed E-state index contributed by atoms with van der Waals surface area (Å²) in [6.07, 6.45) is 1.04. The maximum Gasteiger partial charge on any atom is 0.225 e. The lowest BCUT2D eigenvalue weighted by atomic mass is 9.96. The molecule has 4 nitrogen and oxygen atoms in total. The molecule has 24 heavy (non-hydrogen) atoms. The van der Waals surface area contributed by atoms with Crippen LogP contribution < -0.4 is 10.6 Å². The van der Waals surface area contributed by atoms with Gasteiger partial charge in [-0.25, -0.2) is 0 Å². The van der Waals surface area contributed by atoms with Crippen molar-refractivity contribution >= 4 is 41.0 Å². The number of benzene rings is 1. The first-order valence-electron chi connectivity index (χ1n) is 8.27. The van der Waals surface area contributed by atoms with Crippen molar-refractivity contribution in [1.29, 1.82) is 0 Å². The van der Waals surface area contributed by atoms with Crippen molar-refractivity contribution in [2.45, 2.75) is 38.2 Å². The molecule has 132 valence electrons. The maximum absolute atomic E-state index is 12.1. The van der Waals surface area contributed by atoms with Crippen LogP contribution in [-0.4, -0.2) is 29.9 Å². The third-order valence-electron chi connectivity index (χ3n) is 3.61. The standard InChI is InChI=1S/C18H26N2O2S2/c1-18(2,3)17(22)19-9-5-8-15(21)20-14-7-4-6-13(12-14)16-23-10-11-24-16/h4,6-7,12,16H,5,8-11H2,1-3H3,(H,19,22)(H,20,21). The number of carbonyl (C=O) groups is 2. The van der Waals surface area contributed by atoms with Gasteiger partial charge < -0.3 is 10.6 Å². The van der Waals surface area contributed by atoms with Crippen LogP contribution in [0.2, 0.25) is 0 Å². The molecule has 6 heteroatoms. The summed E-state index contributed by atoms with van der Waals surface area (Å²) >= 11 is 3.91. The molecular formula is C18H26N2O2S2. The van der Waals surface area contributed by atoms with Gasteiger partial charge in [-0.2, -0.15) is 0 Å². The molecule has 2 amide bonds. The molecule has 1 aromatic rings. The minimum Gasteiger partial charge on any atom is -0.356 e. The van der Waals surface area contributed by atoms with Gasteiger partial charge in [0.25, 0.3) is 0 Å². The molecule has 1 aromatic carbocycles. The Bertz CT molecular complexity index is 579. The number of rotatable bonds is 6. The molecule has 1 saturated heterocycles. The molecule has 0 unspecified atom stereocenters. The van der Waals surface area contributed by atoms with Crippen LogP contribution in [0.3, 0.4) is 0 Å². The zero-order valence-electron chi connectivity index (χ0n) is 14.6. The Labute approximate surface area is 152 Å². The van der Waals surface area contributed by atoms with E-state index >= 15 is 0 Å². The lowest BCUT2D eigenvalue weighted by molar-refractivity contribution is -0.128. The lowest BCUT2D eigenvalue weighted by Crippen LogP contribution is -2.35. The smallest absolute Gasteiger partial charge is 0.225 e. The molecule has 1 heterocycles. The summed E-state index contributed by atoms with van der Waals surface area (Å²) in [4.78, 5) is 23.8. The number of anilines is 1. The predicted molar refractivity (Wildman–Crippen MR) is 104 cm³/mol. The van der Waals surface area contributed by atoms with Crippen LogP contribution in [0.15, 0.2) is 24.3 Å². The van der Waals surface area contributed by atoms with E-state index in [-0.39, 0.29) is 17.2 Å². The molecule has 2 N–H and O–H groups in total. The van der Waals surface area contributed by atoms with Gasteiger partial charge in [-0.3, -0.25) is 9.59 Å². The molecule has 0 aromatic heterocycles. The third-order valence-corrected chi connectivity index (χ3v) is 6.72. The van der Waals surface area contributed by atoms with Gasteiger partial charge in [0, 0.05) is 35.6 Å². The van der Waals surface area contributed by atoms with E-state index in [4.69, 9.17) is 0 Å². The van der Waals surface area contributed by atoms with Crippen LogP contribution in [0, 0.1) is 5.41 Å². The van der Waals surface area contributed by atoms with Crippen molar-refractivity contribution in [3.63, 3.8) is 0 Å². The van der Waals surface area contributed by atoms with E-state index in [0.29, 0.717) is 24.0 Å². The molecule has 0 bridgehead atoms.